The number of ether oxygens (including phenoxy) is 1. The van der Waals surface area contributed by atoms with Gasteiger partial charge in [-0.05, 0) is 6.07 Å². The summed E-state index contributed by atoms with van der Waals surface area (Å²) in [6, 6.07) is 6.40. The van der Waals surface area contributed by atoms with E-state index in [1.165, 1.54) is 23.6 Å². The van der Waals surface area contributed by atoms with Gasteiger partial charge in [-0.1, -0.05) is 18.2 Å². The van der Waals surface area contributed by atoms with Crippen molar-refractivity contribution in [3.8, 4) is 5.75 Å². The van der Waals surface area contributed by atoms with Gasteiger partial charge < -0.3 is 19.5 Å². The molecular weight excluding hydrogens is 266 g/mol. The Hall–Kier alpha value is -1.69. The number of carbonyl (C=O) groups excluding carboxylic acids is 2. The third kappa shape index (κ3) is 2.53. The third-order valence-electron chi connectivity index (χ3n) is 3.04. The van der Waals surface area contributed by atoms with E-state index in [-0.39, 0.29) is 11.3 Å². The minimum Gasteiger partial charge on any atom is -0.548 e. The standard InChI is InChI=1S/C13H15NO4S/c1-8(15)14-10(13(16)17)7-19-12(14)9-5-3-4-6-11(9)18-2/h3-6,10,12H,7H2,1-2H3,(H,16,17)/p-1. The Labute approximate surface area is 115 Å². The van der Waals surface area contributed by atoms with Crippen LogP contribution in [0.25, 0.3) is 0 Å². The second-order valence-corrected chi connectivity index (χ2v) is 5.30. The molecule has 1 aromatic carbocycles. The van der Waals surface area contributed by atoms with E-state index in [1.807, 2.05) is 18.2 Å². The molecular formula is C13H14NO4S-. The molecule has 2 unspecified atom stereocenters. The number of benzene rings is 1. The van der Waals surface area contributed by atoms with E-state index in [9.17, 15) is 14.7 Å². The van der Waals surface area contributed by atoms with Crippen LogP contribution in [0.2, 0.25) is 0 Å². The number of amides is 1. The maximum absolute atomic E-state index is 11.7. The Kier molecular flexibility index (Phi) is 3.99. The molecule has 0 saturated carbocycles. The molecule has 0 spiro atoms. The van der Waals surface area contributed by atoms with Crippen LogP contribution < -0.4 is 9.84 Å². The van der Waals surface area contributed by atoms with Gasteiger partial charge in [-0.15, -0.1) is 11.8 Å². The van der Waals surface area contributed by atoms with Gasteiger partial charge in [-0.3, -0.25) is 4.79 Å². The van der Waals surface area contributed by atoms with E-state index >= 15 is 0 Å². The van der Waals surface area contributed by atoms with Crippen LogP contribution >= 0.6 is 11.8 Å². The fourth-order valence-electron chi connectivity index (χ4n) is 2.18. The number of hydrogen-bond acceptors (Lipinski definition) is 5. The van der Waals surface area contributed by atoms with Crippen molar-refractivity contribution in [3.63, 3.8) is 0 Å². The van der Waals surface area contributed by atoms with E-state index in [1.54, 1.807) is 13.2 Å². The molecule has 1 aromatic rings. The maximum atomic E-state index is 11.7. The number of para-hydroxylation sites is 1. The molecule has 1 amide bonds. The average Bonchev–Trinajstić information content (AvgIpc) is 2.83. The molecule has 0 aliphatic carbocycles. The van der Waals surface area contributed by atoms with Crippen molar-refractivity contribution in [1.29, 1.82) is 0 Å². The number of aliphatic carboxylic acids is 1. The molecule has 1 saturated heterocycles. The van der Waals surface area contributed by atoms with Crippen LogP contribution in [0.1, 0.15) is 17.9 Å². The predicted octanol–water partition coefficient (Wildman–Crippen LogP) is 0.408. The van der Waals surface area contributed by atoms with Crippen LogP contribution in [0.15, 0.2) is 24.3 Å². The lowest BCUT2D eigenvalue weighted by molar-refractivity contribution is -0.310. The van der Waals surface area contributed by atoms with Crippen molar-refractivity contribution in [2.75, 3.05) is 12.9 Å². The van der Waals surface area contributed by atoms with Crippen LogP contribution in [0.3, 0.4) is 0 Å². The second kappa shape index (κ2) is 5.52. The summed E-state index contributed by atoms with van der Waals surface area (Å²) < 4.78 is 5.27. The Balaban J connectivity index is 2.39. The lowest BCUT2D eigenvalue weighted by Crippen LogP contribution is -2.48. The highest BCUT2D eigenvalue weighted by Crippen LogP contribution is 2.44. The molecule has 102 valence electrons. The van der Waals surface area contributed by atoms with Crippen molar-refractivity contribution < 1.29 is 19.4 Å². The normalized spacial score (nSPS) is 22.3. The molecule has 2 rings (SSSR count). The number of thioether (sulfide) groups is 1. The second-order valence-electron chi connectivity index (χ2n) is 4.19. The Morgan fingerprint density at radius 3 is 2.68 bits per heavy atom. The summed E-state index contributed by atoms with van der Waals surface area (Å²) in [6.07, 6.45) is 0. The fourth-order valence-corrected chi connectivity index (χ4v) is 3.67. The molecule has 2 atom stereocenters. The quantitative estimate of drug-likeness (QED) is 0.802. The summed E-state index contributed by atoms with van der Waals surface area (Å²) in [7, 11) is 1.55. The molecule has 5 nitrogen and oxygen atoms in total. The van der Waals surface area contributed by atoms with E-state index in [2.05, 4.69) is 0 Å². The summed E-state index contributed by atoms with van der Waals surface area (Å²) in [6.45, 7) is 1.37. The van der Waals surface area contributed by atoms with Gasteiger partial charge in [0.1, 0.15) is 11.1 Å². The molecule has 0 aromatic heterocycles. The van der Waals surface area contributed by atoms with E-state index < -0.39 is 12.0 Å². The predicted molar refractivity (Wildman–Crippen MR) is 69.5 cm³/mol. The molecule has 1 fully saturated rings. The molecule has 1 aliphatic heterocycles. The van der Waals surface area contributed by atoms with Crippen LogP contribution in [0.5, 0.6) is 5.75 Å². The van der Waals surface area contributed by atoms with Crippen molar-refractivity contribution >= 4 is 23.6 Å². The van der Waals surface area contributed by atoms with Crippen LogP contribution in [-0.4, -0.2) is 35.7 Å². The number of hydrogen-bond donors (Lipinski definition) is 0. The average molecular weight is 280 g/mol. The number of nitrogens with zero attached hydrogens (tertiary/aromatic N) is 1. The summed E-state index contributed by atoms with van der Waals surface area (Å²) >= 11 is 1.40. The molecule has 0 N–H and O–H groups in total. The number of carboxylic acid groups (broad SMARTS) is 1. The van der Waals surface area contributed by atoms with Crippen LogP contribution in [-0.2, 0) is 9.59 Å². The number of rotatable bonds is 3. The lowest BCUT2D eigenvalue weighted by Gasteiger charge is -2.29. The first-order chi connectivity index (χ1) is 9.06. The van der Waals surface area contributed by atoms with E-state index in [0.717, 1.165) is 5.56 Å². The monoisotopic (exact) mass is 280 g/mol. The van der Waals surface area contributed by atoms with Gasteiger partial charge in [0.25, 0.3) is 0 Å². The van der Waals surface area contributed by atoms with E-state index in [0.29, 0.717) is 11.5 Å². The third-order valence-corrected chi connectivity index (χ3v) is 4.35. The SMILES string of the molecule is COc1ccccc1C1SCC(C(=O)[O-])N1C(C)=O. The highest BCUT2D eigenvalue weighted by molar-refractivity contribution is 7.99. The van der Waals surface area contributed by atoms with Crippen molar-refractivity contribution in [1.82, 2.24) is 4.90 Å². The van der Waals surface area contributed by atoms with Crippen molar-refractivity contribution in [2.24, 2.45) is 0 Å². The number of methoxy groups -OCH3 is 1. The van der Waals surface area contributed by atoms with Gasteiger partial charge in [0.05, 0.1) is 19.1 Å². The van der Waals surface area contributed by atoms with Gasteiger partial charge in [-0.25, -0.2) is 0 Å². The van der Waals surface area contributed by atoms with Crippen LogP contribution in [0, 0.1) is 0 Å². The maximum Gasteiger partial charge on any atom is 0.221 e. The summed E-state index contributed by atoms with van der Waals surface area (Å²) in [5, 5.41) is 10.7. The highest BCUT2D eigenvalue weighted by Gasteiger charge is 2.38. The smallest absolute Gasteiger partial charge is 0.221 e. The molecule has 19 heavy (non-hydrogen) atoms. The molecule has 0 bridgehead atoms. The molecule has 0 radical (unpaired) electrons. The largest absolute Gasteiger partial charge is 0.548 e. The minimum absolute atomic E-state index is 0.282. The molecule has 1 heterocycles. The highest BCUT2D eigenvalue weighted by atomic mass is 32.2. The van der Waals surface area contributed by atoms with E-state index in [4.69, 9.17) is 4.74 Å². The van der Waals surface area contributed by atoms with Gasteiger partial charge in [0, 0.05) is 18.2 Å². The van der Waals surface area contributed by atoms with Crippen molar-refractivity contribution in [2.45, 2.75) is 18.3 Å². The zero-order chi connectivity index (χ0) is 14.0. The summed E-state index contributed by atoms with van der Waals surface area (Å²) in [5.41, 5.74) is 0.800. The fraction of sp³-hybridized carbons (Fsp3) is 0.385. The number of carboxylic acids is 1. The zero-order valence-corrected chi connectivity index (χ0v) is 11.5. The first-order valence-corrected chi connectivity index (χ1v) is 6.85. The van der Waals surface area contributed by atoms with Crippen LogP contribution in [0.4, 0.5) is 0 Å². The Morgan fingerprint density at radius 1 is 1.42 bits per heavy atom. The Bertz CT molecular complexity index is 505. The Morgan fingerprint density at radius 2 is 2.11 bits per heavy atom. The summed E-state index contributed by atoms with van der Waals surface area (Å²) in [4.78, 5) is 24.2. The van der Waals surface area contributed by atoms with Gasteiger partial charge in [0.15, 0.2) is 0 Å². The molecule has 1 aliphatic rings. The molecule has 6 heteroatoms. The summed E-state index contributed by atoms with van der Waals surface area (Å²) in [5.74, 6) is -0.537. The van der Waals surface area contributed by atoms with Gasteiger partial charge >= 0.3 is 0 Å². The zero-order valence-electron chi connectivity index (χ0n) is 10.7. The first kappa shape index (κ1) is 13.7. The van der Waals surface area contributed by atoms with Gasteiger partial charge in [0.2, 0.25) is 5.91 Å². The van der Waals surface area contributed by atoms with Crippen molar-refractivity contribution in [3.05, 3.63) is 29.8 Å². The topological polar surface area (TPSA) is 69.7 Å². The minimum atomic E-state index is -1.22. The lowest BCUT2D eigenvalue weighted by atomic mass is 10.1. The first-order valence-electron chi connectivity index (χ1n) is 5.80. The number of carbonyl (C=O) groups is 2. The van der Waals surface area contributed by atoms with Gasteiger partial charge in [-0.2, -0.15) is 0 Å².